The molecule has 2 aromatic heterocycles. The third-order valence-electron chi connectivity index (χ3n) is 5.71. The van der Waals surface area contributed by atoms with Crippen molar-refractivity contribution in [3.05, 3.63) is 94.3 Å². The van der Waals surface area contributed by atoms with Crippen LogP contribution in [0.15, 0.2) is 60.8 Å². The Kier molecular flexibility index (Phi) is 4.91. The Hall–Kier alpha value is -3.07. The molecule has 142 valence electrons. The predicted molar refractivity (Wildman–Crippen MR) is 118 cm³/mol. The fourth-order valence-corrected chi connectivity index (χ4v) is 3.79. The van der Waals surface area contributed by atoms with Gasteiger partial charge < -0.3 is 9.88 Å². The first-order valence-electron chi connectivity index (χ1n) is 9.83. The fourth-order valence-electron chi connectivity index (χ4n) is 3.79. The third kappa shape index (κ3) is 3.40. The van der Waals surface area contributed by atoms with E-state index in [0.29, 0.717) is 0 Å². The molecule has 4 aromatic rings. The van der Waals surface area contributed by atoms with Crippen LogP contribution in [0.3, 0.4) is 0 Å². The molecule has 0 spiro atoms. The number of anilines is 1. The molecular formula is C25H27N3. The molecule has 0 fully saturated rings. The lowest BCUT2D eigenvalue weighted by Gasteiger charge is -2.13. The van der Waals surface area contributed by atoms with E-state index >= 15 is 0 Å². The lowest BCUT2D eigenvalue weighted by Crippen LogP contribution is -2.07. The average molecular weight is 370 g/mol. The number of rotatable bonds is 5. The van der Waals surface area contributed by atoms with Crippen LogP contribution in [0.4, 0.5) is 5.82 Å². The summed E-state index contributed by atoms with van der Waals surface area (Å²) in [5.41, 5.74) is 8.99. The topological polar surface area (TPSA) is 29.9 Å². The second-order valence-corrected chi connectivity index (χ2v) is 7.62. The first-order chi connectivity index (χ1) is 13.5. The van der Waals surface area contributed by atoms with Crippen molar-refractivity contribution >= 4 is 16.7 Å². The van der Waals surface area contributed by atoms with E-state index in [1.807, 2.05) is 6.20 Å². The number of aryl methyl sites for hydroxylation is 3. The molecule has 28 heavy (non-hydrogen) atoms. The highest BCUT2D eigenvalue weighted by Gasteiger charge is 2.15. The molecule has 3 nitrogen and oxygen atoms in total. The maximum absolute atomic E-state index is 4.69. The molecule has 0 aliphatic rings. The van der Waals surface area contributed by atoms with Crippen LogP contribution in [-0.2, 0) is 13.1 Å². The molecular weight excluding hydrogens is 342 g/mol. The lowest BCUT2D eigenvalue weighted by atomic mass is 10.1. The minimum atomic E-state index is 0.770. The number of benzene rings is 2. The molecule has 0 bridgehead atoms. The number of nitrogens with one attached hydrogen (secondary N) is 1. The van der Waals surface area contributed by atoms with E-state index in [9.17, 15) is 0 Å². The van der Waals surface area contributed by atoms with Gasteiger partial charge in [0.15, 0.2) is 5.82 Å². The zero-order chi connectivity index (χ0) is 19.7. The molecule has 0 unspecified atom stereocenters. The van der Waals surface area contributed by atoms with Gasteiger partial charge in [-0.3, -0.25) is 0 Å². The van der Waals surface area contributed by atoms with Crippen molar-refractivity contribution in [1.82, 2.24) is 9.55 Å². The summed E-state index contributed by atoms with van der Waals surface area (Å²) >= 11 is 0. The molecule has 0 saturated heterocycles. The van der Waals surface area contributed by atoms with E-state index in [-0.39, 0.29) is 0 Å². The van der Waals surface area contributed by atoms with Gasteiger partial charge >= 0.3 is 0 Å². The predicted octanol–water partition coefficient (Wildman–Crippen LogP) is 5.93. The zero-order valence-corrected chi connectivity index (χ0v) is 17.1. The molecule has 3 heteroatoms. The second-order valence-electron chi connectivity index (χ2n) is 7.62. The SMILES string of the molecule is Cc1ccc(Cn2c(C)c(C)c3ccnc(NCc4ccccc4C)c32)cc1. The Balaban J connectivity index is 1.74. The number of aromatic nitrogens is 2. The van der Waals surface area contributed by atoms with Crippen LogP contribution in [0.2, 0.25) is 0 Å². The summed E-state index contributed by atoms with van der Waals surface area (Å²) in [6.45, 7) is 10.3. The Morgan fingerprint density at radius 2 is 1.64 bits per heavy atom. The van der Waals surface area contributed by atoms with E-state index in [2.05, 4.69) is 92.2 Å². The van der Waals surface area contributed by atoms with Gasteiger partial charge in [-0.25, -0.2) is 4.98 Å². The quantitative estimate of drug-likeness (QED) is 0.472. The second kappa shape index (κ2) is 7.51. The Morgan fingerprint density at radius 1 is 0.893 bits per heavy atom. The van der Waals surface area contributed by atoms with Gasteiger partial charge in [0.1, 0.15) is 0 Å². The standard InChI is InChI=1S/C25H27N3/c1-17-9-11-21(12-10-17)16-28-20(4)19(3)23-13-14-26-25(24(23)28)27-15-22-8-6-5-7-18(22)2/h5-14H,15-16H2,1-4H3,(H,26,27). The largest absolute Gasteiger partial charge is 0.364 e. The van der Waals surface area contributed by atoms with Gasteiger partial charge in [0.25, 0.3) is 0 Å². The van der Waals surface area contributed by atoms with E-state index in [1.165, 1.54) is 44.4 Å². The summed E-state index contributed by atoms with van der Waals surface area (Å²) in [6.07, 6.45) is 1.91. The highest BCUT2D eigenvalue weighted by molar-refractivity contribution is 5.93. The van der Waals surface area contributed by atoms with Crippen molar-refractivity contribution in [2.45, 2.75) is 40.8 Å². The number of nitrogens with zero attached hydrogens (tertiary/aromatic N) is 2. The Labute approximate surface area is 167 Å². The number of hydrogen-bond donors (Lipinski definition) is 1. The van der Waals surface area contributed by atoms with Crippen molar-refractivity contribution in [3.8, 4) is 0 Å². The number of hydrogen-bond acceptors (Lipinski definition) is 2. The summed E-state index contributed by atoms with van der Waals surface area (Å²) in [7, 11) is 0. The van der Waals surface area contributed by atoms with Crippen LogP contribution in [0, 0.1) is 27.7 Å². The zero-order valence-electron chi connectivity index (χ0n) is 17.1. The van der Waals surface area contributed by atoms with Gasteiger partial charge in [0, 0.05) is 30.4 Å². The first kappa shape index (κ1) is 18.3. The Morgan fingerprint density at radius 3 is 2.39 bits per heavy atom. The van der Waals surface area contributed by atoms with Crippen LogP contribution in [-0.4, -0.2) is 9.55 Å². The minimum absolute atomic E-state index is 0.770. The van der Waals surface area contributed by atoms with Crippen molar-refractivity contribution in [3.63, 3.8) is 0 Å². The van der Waals surface area contributed by atoms with E-state index in [1.54, 1.807) is 0 Å². The van der Waals surface area contributed by atoms with Gasteiger partial charge in [-0.15, -0.1) is 0 Å². The van der Waals surface area contributed by atoms with Crippen LogP contribution < -0.4 is 5.32 Å². The lowest BCUT2D eigenvalue weighted by molar-refractivity contribution is 0.799. The number of pyridine rings is 1. The van der Waals surface area contributed by atoms with Crippen molar-refractivity contribution in [1.29, 1.82) is 0 Å². The normalized spacial score (nSPS) is 11.1. The van der Waals surface area contributed by atoms with Gasteiger partial charge in [0.2, 0.25) is 0 Å². The number of fused-ring (bicyclic) bond motifs is 1. The van der Waals surface area contributed by atoms with Crippen LogP contribution in [0.25, 0.3) is 10.9 Å². The van der Waals surface area contributed by atoms with E-state index < -0.39 is 0 Å². The fraction of sp³-hybridized carbons (Fsp3) is 0.240. The van der Waals surface area contributed by atoms with Crippen LogP contribution in [0.5, 0.6) is 0 Å². The van der Waals surface area contributed by atoms with Crippen LogP contribution in [0.1, 0.15) is 33.5 Å². The highest BCUT2D eigenvalue weighted by Crippen LogP contribution is 2.30. The molecule has 1 N–H and O–H groups in total. The van der Waals surface area contributed by atoms with E-state index in [0.717, 1.165) is 18.9 Å². The molecule has 0 saturated carbocycles. The summed E-state index contributed by atoms with van der Waals surface area (Å²) < 4.78 is 2.39. The van der Waals surface area contributed by atoms with Gasteiger partial charge in [0.05, 0.1) is 5.52 Å². The highest BCUT2D eigenvalue weighted by atomic mass is 15.1. The van der Waals surface area contributed by atoms with Crippen molar-refractivity contribution < 1.29 is 0 Å². The molecule has 0 aliphatic heterocycles. The first-order valence-corrected chi connectivity index (χ1v) is 9.83. The van der Waals surface area contributed by atoms with Crippen molar-refractivity contribution in [2.24, 2.45) is 0 Å². The smallest absolute Gasteiger partial charge is 0.150 e. The summed E-state index contributed by atoms with van der Waals surface area (Å²) in [5, 5.41) is 4.86. The van der Waals surface area contributed by atoms with E-state index in [4.69, 9.17) is 4.98 Å². The molecule has 0 radical (unpaired) electrons. The minimum Gasteiger partial charge on any atom is -0.364 e. The molecule has 0 aliphatic carbocycles. The molecule has 2 aromatic carbocycles. The molecule has 0 amide bonds. The average Bonchev–Trinajstić information content (AvgIpc) is 2.94. The monoisotopic (exact) mass is 369 g/mol. The summed E-state index contributed by atoms with van der Waals surface area (Å²) in [6, 6.07) is 19.4. The summed E-state index contributed by atoms with van der Waals surface area (Å²) in [4.78, 5) is 4.69. The Bertz CT molecular complexity index is 1120. The molecule has 0 atom stereocenters. The maximum atomic E-state index is 4.69. The van der Waals surface area contributed by atoms with Crippen molar-refractivity contribution in [2.75, 3.05) is 5.32 Å². The van der Waals surface area contributed by atoms with Gasteiger partial charge in [-0.1, -0.05) is 54.1 Å². The molecule has 4 rings (SSSR count). The maximum Gasteiger partial charge on any atom is 0.150 e. The van der Waals surface area contributed by atoms with Crippen LogP contribution >= 0.6 is 0 Å². The molecule has 2 heterocycles. The van der Waals surface area contributed by atoms with Gasteiger partial charge in [-0.05, 0) is 56.0 Å². The third-order valence-corrected chi connectivity index (χ3v) is 5.71. The van der Waals surface area contributed by atoms with Gasteiger partial charge in [-0.2, -0.15) is 0 Å². The summed E-state index contributed by atoms with van der Waals surface area (Å²) in [5.74, 6) is 0.948.